The third-order valence-electron chi connectivity index (χ3n) is 4.86. The molecule has 1 aliphatic heterocycles. The van der Waals surface area contributed by atoms with Gasteiger partial charge in [-0.25, -0.2) is 4.79 Å². The van der Waals surface area contributed by atoms with Crippen LogP contribution in [-0.4, -0.2) is 66.6 Å². The van der Waals surface area contributed by atoms with Crippen LogP contribution < -0.4 is 15.4 Å². The van der Waals surface area contributed by atoms with Crippen LogP contribution in [0.1, 0.15) is 34.1 Å². The van der Waals surface area contributed by atoms with Crippen molar-refractivity contribution >= 4 is 17.6 Å². The van der Waals surface area contributed by atoms with Crippen molar-refractivity contribution in [1.82, 2.24) is 15.1 Å². The highest BCUT2D eigenvalue weighted by molar-refractivity contribution is 5.89. The van der Waals surface area contributed by atoms with E-state index in [1.54, 1.807) is 29.2 Å². The number of anilines is 1. The van der Waals surface area contributed by atoms with Gasteiger partial charge in [0, 0.05) is 50.0 Å². The molecule has 2 rings (SSSR count). The first-order chi connectivity index (χ1) is 12.9. The second-order valence-electron chi connectivity index (χ2n) is 7.06. The highest BCUT2D eigenvalue weighted by atomic mass is 16.5. The maximum atomic E-state index is 12.2. The van der Waals surface area contributed by atoms with E-state index in [-0.39, 0.29) is 24.6 Å². The number of carbonyl (C=O) groups excluding carboxylic acids is 2. The molecule has 0 saturated carbocycles. The standard InChI is InChI=1S/C20H32N4O3/c1-5-23(6-2)19(25)14-27-18-9-7-8-16(12-18)21-20(26)22-17-10-11-24(13-17)15(3)4/h7-9,12,15,17H,5-6,10-11,13-14H2,1-4H3,(H2,21,22,26). The number of benzene rings is 1. The summed E-state index contributed by atoms with van der Waals surface area (Å²) in [6, 6.07) is 7.53. The Morgan fingerprint density at radius 3 is 2.67 bits per heavy atom. The van der Waals surface area contributed by atoms with E-state index in [4.69, 9.17) is 4.74 Å². The van der Waals surface area contributed by atoms with Gasteiger partial charge in [0.15, 0.2) is 6.61 Å². The van der Waals surface area contributed by atoms with Crippen molar-refractivity contribution in [1.29, 1.82) is 0 Å². The summed E-state index contributed by atoms with van der Waals surface area (Å²) in [6.07, 6.45) is 0.961. The van der Waals surface area contributed by atoms with Gasteiger partial charge in [0.2, 0.25) is 0 Å². The van der Waals surface area contributed by atoms with Gasteiger partial charge in [-0.1, -0.05) is 6.07 Å². The van der Waals surface area contributed by atoms with Crippen molar-refractivity contribution < 1.29 is 14.3 Å². The molecule has 2 N–H and O–H groups in total. The van der Waals surface area contributed by atoms with Gasteiger partial charge in [-0.3, -0.25) is 9.69 Å². The summed E-state index contributed by atoms with van der Waals surface area (Å²) in [4.78, 5) is 28.3. The molecule has 0 aliphatic carbocycles. The lowest BCUT2D eigenvalue weighted by molar-refractivity contribution is -0.132. The molecule has 0 radical (unpaired) electrons. The van der Waals surface area contributed by atoms with Crippen LogP contribution in [0.5, 0.6) is 5.75 Å². The molecule has 7 heteroatoms. The summed E-state index contributed by atoms with van der Waals surface area (Å²) in [6.45, 7) is 11.4. The summed E-state index contributed by atoms with van der Waals surface area (Å²) in [5, 5.41) is 5.86. The van der Waals surface area contributed by atoms with Crippen LogP contribution in [0, 0.1) is 0 Å². The summed E-state index contributed by atoms with van der Waals surface area (Å²) in [5.74, 6) is 0.507. The summed E-state index contributed by atoms with van der Waals surface area (Å²) < 4.78 is 5.58. The van der Waals surface area contributed by atoms with Gasteiger partial charge in [0.1, 0.15) is 5.75 Å². The Bertz CT molecular complexity index is 631. The summed E-state index contributed by atoms with van der Waals surface area (Å²) >= 11 is 0. The quantitative estimate of drug-likeness (QED) is 0.731. The molecule has 27 heavy (non-hydrogen) atoms. The maximum absolute atomic E-state index is 12.2. The Morgan fingerprint density at radius 2 is 2.04 bits per heavy atom. The molecule has 1 aromatic carbocycles. The normalized spacial score (nSPS) is 17.0. The topological polar surface area (TPSA) is 73.9 Å². The molecular weight excluding hydrogens is 344 g/mol. The molecule has 1 unspecified atom stereocenters. The number of nitrogens with zero attached hydrogens (tertiary/aromatic N) is 2. The van der Waals surface area contributed by atoms with E-state index in [2.05, 4.69) is 29.4 Å². The van der Waals surface area contributed by atoms with Crippen LogP contribution in [0.4, 0.5) is 10.5 Å². The number of amides is 3. The van der Waals surface area contributed by atoms with Crippen molar-refractivity contribution in [3.05, 3.63) is 24.3 Å². The third-order valence-corrected chi connectivity index (χ3v) is 4.86. The number of likely N-dealkylation sites (N-methyl/N-ethyl adjacent to an activating group) is 1. The second-order valence-corrected chi connectivity index (χ2v) is 7.06. The van der Waals surface area contributed by atoms with E-state index >= 15 is 0 Å². The van der Waals surface area contributed by atoms with Crippen LogP contribution in [0.2, 0.25) is 0 Å². The van der Waals surface area contributed by atoms with Gasteiger partial charge < -0.3 is 20.3 Å². The van der Waals surface area contributed by atoms with Crippen LogP contribution >= 0.6 is 0 Å². The Hall–Kier alpha value is -2.28. The van der Waals surface area contributed by atoms with E-state index in [1.807, 2.05) is 13.8 Å². The van der Waals surface area contributed by atoms with Gasteiger partial charge in [-0.2, -0.15) is 0 Å². The minimum atomic E-state index is -0.220. The van der Waals surface area contributed by atoms with Crippen LogP contribution in [0.25, 0.3) is 0 Å². The molecule has 1 aromatic rings. The van der Waals surface area contributed by atoms with E-state index in [0.717, 1.165) is 19.5 Å². The van der Waals surface area contributed by atoms with Crippen LogP contribution in [0.15, 0.2) is 24.3 Å². The summed E-state index contributed by atoms with van der Waals surface area (Å²) in [5.41, 5.74) is 0.638. The molecular formula is C20H32N4O3. The molecule has 1 aliphatic rings. The first-order valence-corrected chi connectivity index (χ1v) is 9.75. The van der Waals surface area contributed by atoms with Crippen molar-refractivity contribution in [3.8, 4) is 5.75 Å². The second kappa shape index (κ2) is 10.2. The number of ether oxygens (including phenoxy) is 1. The fraction of sp³-hybridized carbons (Fsp3) is 0.600. The minimum Gasteiger partial charge on any atom is -0.484 e. The number of urea groups is 1. The lowest BCUT2D eigenvalue weighted by Gasteiger charge is -2.20. The zero-order valence-corrected chi connectivity index (χ0v) is 16.8. The molecule has 1 atom stereocenters. The van der Waals surface area contributed by atoms with Gasteiger partial charge in [-0.05, 0) is 46.2 Å². The van der Waals surface area contributed by atoms with Crippen molar-refractivity contribution in [2.45, 2.75) is 46.2 Å². The van der Waals surface area contributed by atoms with Crippen LogP contribution in [-0.2, 0) is 4.79 Å². The lowest BCUT2D eigenvalue weighted by atomic mass is 10.2. The molecule has 150 valence electrons. The van der Waals surface area contributed by atoms with E-state index in [0.29, 0.717) is 30.6 Å². The highest BCUT2D eigenvalue weighted by Gasteiger charge is 2.25. The average molecular weight is 377 g/mol. The monoisotopic (exact) mass is 376 g/mol. The fourth-order valence-electron chi connectivity index (χ4n) is 3.20. The molecule has 0 bridgehead atoms. The van der Waals surface area contributed by atoms with E-state index in [9.17, 15) is 9.59 Å². The SMILES string of the molecule is CCN(CC)C(=O)COc1cccc(NC(=O)NC2CCN(C(C)C)C2)c1. The van der Waals surface area contributed by atoms with Crippen molar-refractivity contribution in [2.75, 3.05) is 38.1 Å². The average Bonchev–Trinajstić information content (AvgIpc) is 3.10. The van der Waals surface area contributed by atoms with Crippen molar-refractivity contribution in [2.24, 2.45) is 0 Å². The Morgan fingerprint density at radius 1 is 1.30 bits per heavy atom. The van der Waals surface area contributed by atoms with Gasteiger partial charge in [0.05, 0.1) is 0 Å². The fourth-order valence-corrected chi connectivity index (χ4v) is 3.20. The summed E-state index contributed by atoms with van der Waals surface area (Å²) in [7, 11) is 0. The lowest BCUT2D eigenvalue weighted by Crippen LogP contribution is -2.40. The van der Waals surface area contributed by atoms with Crippen molar-refractivity contribution in [3.63, 3.8) is 0 Å². The zero-order chi connectivity index (χ0) is 19.8. The molecule has 1 saturated heterocycles. The van der Waals surface area contributed by atoms with E-state index in [1.165, 1.54) is 0 Å². The molecule has 1 heterocycles. The zero-order valence-electron chi connectivity index (χ0n) is 16.8. The van der Waals surface area contributed by atoms with Gasteiger partial charge in [-0.15, -0.1) is 0 Å². The number of carbonyl (C=O) groups is 2. The largest absolute Gasteiger partial charge is 0.484 e. The molecule has 7 nitrogen and oxygen atoms in total. The number of likely N-dealkylation sites (tertiary alicyclic amines) is 1. The third kappa shape index (κ3) is 6.43. The predicted octanol–water partition coefficient (Wildman–Crippen LogP) is 2.54. The Balaban J connectivity index is 1.82. The van der Waals surface area contributed by atoms with Gasteiger partial charge in [0.25, 0.3) is 5.91 Å². The van der Waals surface area contributed by atoms with E-state index < -0.39 is 0 Å². The first kappa shape index (κ1) is 21.0. The number of hydrogen-bond donors (Lipinski definition) is 2. The number of rotatable bonds is 8. The molecule has 0 spiro atoms. The Labute approximate surface area is 162 Å². The smallest absolute Gasteiger partial charge is 0.319 e. The van der Waals surface area contributed by atoms with Gasteiger partial charge >= 0.3 is 6.03 Å². The molecule has 1 fully saturated rings. The maximum Gasteiger partial charge on any atom is 0.319 e. The predicted molar refractivity (Wildman–Crippen MR) is 107 cm³/mol. The minimum absolute atomic E-state index is 0.00948. The molecule has 0 aromatic heterocycles. The molecule has 3 amide bonds. The number of hydrogen-bond acceptors (Lipinski definition) is 4. The first-order valence-electron chi connectivity index (χ1n) is 9.75. The number of nitrogens with one attached hydrogen (secondary N) is 2. The highest BCUT2D eigenvalue weighted by Crippen LogP contribution is 2.18. The Kier molecular flexibility index (Phi) is 7.91. The van der Waals surface area contributed by atoms with Crippen LogP contribution in [0.3, 0.4) is 0 Å².